The average molecular weight is 735 g/mol. The Bertz CT molecular complexity index is 2930. The molecule has 1 aliphatic carbocycles. The maximum absolute atomic E-state index is 4.97. The van der Waals surface area contributed by atoms with Crippen molar-refractivity contribution in [2.24, 2.45) is 0 Å². The zero-order chi connectivity index (χ0) is 37.0. The Morgan fingerprint density at radius 1 is 0.482 bits per heavy atom. The lowest BCUT2D eigenvalue weighted by atomic mass is 9.90. The van der Waals surface area contributed by atoms with Crippen LogP contribution in [0.3, 0.4) is 0 Å². The van der Waals surface area contributed by atoms with Gasteiger partial charge in [0.15, 0.2) is 17.5 Å². The van der Waals surface area contributed by atoms with Crippen LogP contribution in [0.15, 0.2) is 188 Å². The van der Waals surface area contributed by atoms with Gasteiger partial charge in [0.1, 0.15) is 0 Å². The Morgan fingerprint density at radius 2 is 1.04 bits per heavy atom. The number of nitrogens with zero attached hydrogens (tertiary/aromatic N) is 4. The number of anilines is 2. The molecule has 0 saturated carbocycles. The normalized spacial score (nSPS) is 14.5. The van der Waals surface area contributed by atoms with Crippen LogP contribution in [0.4, 0.5) is 11.4 Å². The Hall–Kier alpha value is -6.95. The highest BCUT2D eigenvalue weighted by atomic mass is 32.1. The van der Waals surface area contributed by atoms with Gasteiger partial charge in [-0.05, 0) is 70.6 Å². The molecule has 56 heavy (non-hydrogen) atoms. The summed E-state index contributed by atoms with van der Waals surface area (Å²) in [6, 6.07) is 60.5. The molecule has 0 fully saturated rings. The van der Waals surface area contributed by atoms with Crippen LogP contribution in [0.1, 0.15) is 12.0 Å². The molecule has 9 aromatic rings. The molecule has 3 heterocycles. The second-order valence-electron chi connectivity index (χ2n) is 14.3. The highest BCUT2D eigenvalue weighted by molar-refractivity contribution is 7.25. The summed E-state index contributed by atoms with van der Waals surface area (Å²) in [7, 11) is 0. The molecule has 1 atom stereocenters. The first-order valence-electron chi connectivity index (χ1n) is 19.0. The summed E-state index contributed by atoms with van der Waals surface area (Å²) in [6.07, 6.45) is 7.78. The van der Waals surface area contributed by atoms with Crippen molar-refractivity contribution in [1.82, 2.24) is 15.0 Å². The van der Waals surface area contributed by atoms with E-state index < -0.39 is 0 Å². The van der Waals surface area contributed by atoms with Gasteiger partial charge in [-0.25, -0.2) is 15.0 Å². The number of hydrogen-bond donors (Lipinski definition) is 0. The third kappa shape index (κ3) is 5.55. The SMILES string of the molecule is C1=CCC2C(=C1)c1c(-c3ccc(-c4nc(-c5ccccc5)nc(-c5ccccc5)n4)cc3)cccc1N2c1ccc2sc3ccc(-c4ccccc4)cc3c2c1. The van der Waals surface area contributed by atoms with Gasteiger partial charge in [-0.1, -0.05) is 152 Å². The number of hydrogen-bond acceptors (Lipinski definition) is 5. The number of rotatable bonds is 6. The first-order valence-corrected chi connectivity index (χ1v) is 19.9. The number of aromatic nitrogens is 3. The largest absolute Gasteiger partial charge is 0.333 e. The molecule has 2 aliphatic rings. The van der Waals surface area contributed by atoms with Gasteiger partial charge < -0.3 is 4.90 Å². The van der Waals surface area contributed by atoms with Crippen molar-refractivity contribution in [3.63, 3.8) is 0 Å². The van der Waals surface area contributed by atoms with Crippen LogP contribution in [0.2, 0.25) is 0 Å². The summed E-state index contributed by atoms with van der Waals surface area (Å²) >= 11 is 1.87. The lowest BCUT2D eigenvalue weighted by Gasteiger charge is -2.28. The van der Waals surface area contributed by atoms with Gasteiger partial charge in [-0.3, -0.25) is 0 Å². The van der Waals surface area contributed by atoms with Gasteiger partial charge in [-0.2, -0.15) is 0 Å². The van der Waals surface area contributed by atoms with Crippen LogP contribution in [0.25, 0.3) is 82.2 Å². The summed E-state index contributed by atoms with van der Waals surface area (Å²) in [5.74, 6) is 1.97. The minimum absolute atomic E-state index is 0.218. The predicted molar refractivity (Wildman–Crippen MR) is 234 cm³/mol. The quantitative estimate of drug-likeness (QED) is 0.171. The molecule has 0 amide bonds. The second-order valence-corrected chi connectivity index (χ2v) is 15.4. The number of fused-ring (bicyclic) bond motifs is 6. The summed E-state index contributed by atoms with van der Waals surface area (Å²) in [5.41, 5.74) is 12.9. The van der Waals surface area contributed by atoms with Gasteiger partial charge in [0, 0.05) is 53.8 Å². The Labute approximate surface area is 329 Å². The van der Waals surface area contributed by atoms with E-state index in [1.807, 2.05) is 72.0 Å². The van der Waals surface area contributed by atoms with E-state index in [2.05, 4.69) is 132 Å². The van der Waals surface area contributed by atoms with E-state index in [0.29, 0.717) is 17.5 Å². The molecule has 0 spiro atoms. The fraction of sp³-hybridized carbons (Fsp3) is 0.0392. The van der Waals surface area contributed by atoms with E-state index >= 15 is 0 Å². The van der Waals surface area contributed by atoms with E-state index in [4.69, 9.17) is 15.0 Å². The third-order valence-corrected chi connectivity index (χ3v) is 12.2. The fourth-order valence-electron chi connectivity index (χ4n) is 8.35. The summed E-state index contributed by atoms with van der Waals surface area (Å²) in [6.45, 7) is 0. The maximum Gasteiger partial charge on any atom is 0.164 e. The second kappa shape index (κ2) is 13.4. The molecule has 264 valence electrons. The molecule has 5 heteroatoms. The highest BCUT2D eigenvalue weighted by Crippen LogP contribution is 2.52. The molecular weight excluding hydrogens is 701 g/mol. The molecule has 0 radical (unpaired) electrons. The van der Waals surface area contributed by atoms with E-state index in [0.717, 1.165) is 28.7 Å². The van der Waals surface area contributed by atoms with Crippen LogP contribution in [0.5, 0.6) is 0 Å². The molecule has 1 aliphatic heterocycles. The topological polar surface area (TPSA) is 41.9 Å². The van der Waals surface area contributed by atoms with E-state index in [1.165, 1.54) is 59.4 Å². The predicted octanol–water partition coefficient (Wildman–Crippen LogP) is 13.4. The van der Waals surface area contributed by atoms with Gasteiger partial charge in [-0.15, -0.1) is 11.3 Å². The Morgan fingerprint density at radius 3 is 1.70 bits per heavy atom. The highest BCUT2D eigenvalue weighted by Gasteiger charge is 2.37. The minimum Gasteiger partial charge on any atom is -0.333 e. The number of allylic oxidation sites excluding steroid dienone is 2. The first kappa shape index (κ1) is 32.5. The minimum atomic E-state index is 0.218. The van der Waals surface area contributed by atoms with Gasteiger partial charge in [0.25, 0.3) is 0 Å². The molecule has 7 aromatic carbocycles. The zero-order valence-corrected chi connectivity index (χ0v) is 31.2. The van der Waals surface area contributed by atoms with Crippen LogP contribution in [-0.2, 0) is 0 Å². The van der Waals surface area contributed by atoms with Gasteiger partial charge >= 0.3 is 0 Å². The van der Waals surface area contributed by atoms with Gasteiger partial charge in [0.2, 0.25) is 0 Å². The zero-order valence-electron chi connectivity index (χ0n) is 30.4. The van der Waals surface area contributed by atoms with Crippen molar-refractivity contribution in [3.8, 4) is 56.4 Å². The molecule has 1 unspecified atom stereocenters. The van der Waals surface area contributed by atoms with Crippen molar-refractivity contribution in [3.05, 3.63) is 194 Å². The van der Waals surface area contributed by atoms with Crippen molar-refractivity contribution in [1.29, 1.82) is 0 Å². The van der Waals surface area contributed by atoms with Crippen LogP contribution >= 0.6 is 11.3 Å². The van der Waals surface area contributed by atoms with Crippen LogP contribution in [0, 0.1) is 0 Å². The lowest BCUT2D eigenvalue weighted by Crippen LogP contribution is -2.26. The van der Waals surface area contributed by atoms with Crippen molar-refractivity contribution >= 4 is 48.5 Å². The Kier molecular flexibility index (Phi) is 7.78. The summed E-state index contributed by atoms with van der Waals surface area (Å²) in [5, 5.41) is 2.62. The third-order valence-electron chi connectivity index (χ3n) is 11.0. The van der Waals surface area contributed by atoms with E-state index in [9.17, 15) is 0 Å². The lowest BCUT2D eigenvalue weighted by molar-refractivity contribution is 0.830. The van der Waals surface area contributed by atoms with Gasteiger partial charge in [0.05, 0.1) is 6.04 Å². The molecule has 0 saturated heterocycles. The molecule has 0 bridgehead atoms. The number of thiophene rings is 1. The monoisotopic (exact) mass is 734 g/mol. The fourth-order valence-corrected chi connectivity index (χ4v) is 9.41. The average Bonchev–Trinajstić information content (AvgIpc) is 3.82. The first-order chi connectivity index (χ1) is 27.7. The summed E-state index contributed by atoms with van der Waals surface area (Å²) < 4.78 is 2.63. The van der Waals surface area contributed by atoms with E-state index in [1.54, 1.807) is 0 Å². The van der Waals surface area contributed by atoms with Crippen molar-refractivity contribution in [2.45, 2.75) is 12.5 Å². The summed E-state index contributed by atoms with van der Waals surface area (Å²) in [4.78, 5) is 17.4. The van der Waals surface area contributed by atoms with E-state index in [-0.39, 0.29) is 6.04 Å². The van der Waals surface area contributed by atoms with Crippen LogP contribution < -0.4 is 4.90 Å². The number of benzene rings is 7. The maximum atomic E-state index is 4.97. The molecular formula is C51H34N4S. The molecule has 4 nitrogen and oxygen atoms in total. The molecule has 11 rings (SSSR count). The molecule has 0 N–H and O–H groups in total. The van der Waals surface area contributed by atoms with Crippen molar-refractivity contribution in [2.75, 3.05) is 4.90 Å². The Balaban J connectivity index is 0.991. The van der Waals surface area contributed by atoms with Crippen molar-refractivity contribution < 1.29 is 0 Å². The standard InChI is InChI=1S/C51H34N4S/c1-4-13-33(14-5-1)38-27-29-46-42(31-38)43-32-39(28-30-47(43)56-46)55-44-21-11-10-19-41(44)48-40(20-12-22-45(48)55)34-23-25-37(26-24-34)51-53-49(35-15-6-2-7-16-35)52-50(54-51)36-17-8-3-9-18-36/h1-20,22-32,44H,21H2. The molecule has 2 aromatic heterocycles. The van der Waals surface area contributed by atoms with Crippen LogP contribution in [-0.4, -0.2) is 21.0 Å². The smallest absolute Gasteiger partial charge is 0.164 e.